The maximum absolute atomic E-state index is 12.3. The molecule has 0 radical (unpaired) electrons. The van der Waals surface area contributed by atoms with Gasteiger partial charge in [0.2, 0.25) is 0 Å². The van der Waals surface area contributed by atoms with Gasteiger partial charge < -0.3 is 14.6 Å². The van der Waals surface area contributed by atoms with Crippen molar-refractivity contribution in [3.8, 4) is 0 Å². The Labute approximate surface area is 118 Å². The number of carbonyl (C=O) groups excluding carboxylic acids is 1. The van der Waals surface area contributed by atoms with Crippen molar-refractivity contribution in [3.63, 3.8) is 0 Å². The van der Waals surface area contributed by atoms with Crippen molar-refractivity contribution in [2.75, 3.05) is 13.2 Å². The van der Waals surface area contributed by atoms with Crippen LogP contribution in [0.25, 0.3) is 0 Å². The summed E-state index contributed by atoms with van der Waals surface area (Å²) >= 11 is 0. The van der Waals surface area contributed by atoms with Gasteiger partial charge in [0.25, 0.3) is 11.5 Å². The van der Waals surface area contributed by atoms with Crippen LogP contribution in [0.4, 0.5) is 0 Å². The second-order valence-corrected chi connectivity index (χ2v) is 5.55. The van der Waals surface area contributed by atoms with Crippen molar-refractivity contribution in [2.24, 2.45) is 7.05 Å². The number of rotatable bonds is 3. The van der Waals surface area contributed by atoms with E-state index in [1.807, 2.05) is 19.9 Å². The number of ether oxygens (including phenoxy) is 1. The van der Waals surface area contributed by atoms with Crippen LogP contribution in [0, 0.1) is 0 Å². The van der Waals surface area contributed by atoms with Crippen LogP contribution in [0.2, 0.25) is 0 Å². The number of hydrogen-bond acceptors (Lipinski definition) is 3. The zero-order chi connectivity index (χ0) is 14.7. The van der Waals surface area contributed by atoms with E-state index in [1.54, 1.807) is 17.7 Å². The average molecular weight is 278 g/mol. The smallest absolute Gasteiger partial charge is 0.263 e. The fourth-order valence-corrected chi connectivity index (χ4v) is 2.51. The molecule has 1 amide bonds. The van der Waals surface area contributed by atoms with Crippen LogP contribution >= 0.6 is 0 Å². The molecule has 1 aliphatic heterocycles. The van der Waals surface area contributed by atoms with Crippen LogP contribution in [0.3, 0.4) is 0 Å². The van der Waals surface area contributed by atoms with E-state index in [0.29, 0.717) is 13.2 Å². The number of aromatic nitrogens is 1. The zero-order valence-corrected chi connectivity index (χ0v) is 12.3. The predicted molar refractivity (Wildman–Crippen MR) is 77.1 cm³/mol. The molecule has 2 rings (SSSR count). The van der Waals surface area contributed by atoms with E-state index in [0.717, 1.165) is 18.5 Å². The summed E-state index contributed by atoms with van der Waals surface area (Å²) in [5.41, 5.74) is 0.904. The molecule has 2 heterocycles. The Balaban J connectivity index is 2.18. The molecule has 0 atom stereocenters. The molecule has 1 N–H and O–H groups in total. The third kappa shape index (κ3) is 3.10. The lowest BCUT2D eigenvalue weighted by Gasteiger charge is -2.23. The monoisotopic (exact) mass is 278 g/mol. The molecule has 5 nitrogen and oxygen atoms in total. The van der Waals surface area contributed by atoms with E-state index in [2.05, 4.69) is 5.32 Å². The van der Waals surface area contributed by atoms with Gasteiger partial charge >= 0.3 is 0 Å². The summed E-state index contributed by atoms with van der Waals surface area (Å²) < 4.78 is 6.81. The lowest BCUT2D eigenvalue weighted by atomic mass is 10.1. The number of nitrogens with one attached hydrogen (secondary N) is 1. The van der Waals surface area contributed by atoms with E-state index < -0.39 is 0 Å². The largest absolute Gasteiger partial charge is 0.381 e. The Kier molecular flexibility index (Phi) is 4.60. The molecular formula is C15H22N2O3. The van der Waals surface area contributed by atoms with Gasteiger partial charge in [0, 0.05) is 32.0 Å². The number of carbonyl (C=O) groups is 1. The molecule has 110 valence electrons. The van der Waals surface area contributed by atoms with Gasteiger partial charge in [-0.3, -0.25) is 9.59 Å². The number of amides is 1. The predicted octanol–water partition coefficient (Wildman–Crippen LogP) is 1.42. The Morgan fingerprint density at radius 3 is 2.60 bits per heavy atom. The number of nitrogens with zero attached hydrogens (tertiary/aromatic N) is 1. The third-order valence-electron chi connectivity index (χ3n) is 3.74. The second-order valence-electron chi connectivity index (χ2n) is 5.55. The fraction of sp³-hybridized carbons (Fsp3) is 0.600. The van der Waals surface area contributed by atoms with Crippen LogP contribution < -0.4 is 10.9 Å². The summed E-state index contributed by atoms with van der Waals surface area (Å²) in [6.07, 6.45) is 1.60. The van der Waals surface area contributed by atoms with Crippen molar-refractivity contribution in [2.45, 2.75) is 38.6 Å². The first-order chi connectivity index (χ1) is 9.50. The van der Waals surface area contributed by atoms with Gasteiger partial charge in [-0.05, 0) is 30.9 Å². The summed E-state index contributed by atoms with van der Waals surface area (Å²) in [5.74, 6) is -0.0342. The topological polar surface area (TPSA) is 60.3 Å². The van der Waals surface area contributed by atoms with Crippen molar-refractivity contribution in [1.29, 1.82) is 0 Å². The van der Waals surface area contributed by atoms with Crippen molar-refractivity contribution in [1.82, 2.24) is 9.88 Å². The minimum Gasteiger partial charge on any atom is -0.381 e. The lowest BCUT2D eigenvalue weighted by Crippen LogP contribution is -2.41. The van der Waals surface area contributed by atoms with Crippen LogP contribution in [0.5, 0.6) is 0 Å². The van der Waals surface area contributed by atoms with Gasteiger partial charge in [-0.1, -0.05) is 13.8 Å². The molecule has 5 heteroatoms. The summed E-state index contributed by atoms with van der Waals surface area (Å²) in [4.78, 5) is 24.5. The minimum atomic E-state index is -0.284. The van der Waals surface area contributed by atoms with E-state index in [9.17, 15) is 9.59 Å². The number of pyridine rings is 1. The molecule has 1 saturated heterocycles. The average Bonchev–Trinajstić information content (AvgIpc) is 2.42. The van der Waals surface area contributed by atoms with Crippen LogP contribution in [0.1, 0.15) is 48.7 Å². The second kappa shape index (κ2) is 6.22. The number of hydrogen-bond donors (Lipinski definition) is 1. The Bertz CT molecular complexity index is 543. The van der Waals surface area contributed by atoms with Gasteiger partial charge in [-0.2, -0.15) is 0 Å². The van der Waals surface area contributed by atoms with E-state index in [-0.39, 0.29) is 29.0 Å². The van der Waals surface area contributed by atoms with Crippen molar-refractivity contribution >= 4 is 5.91 Å². The molecule has 1 fully saturated rings. The molecule has 20 heavy (non-hydrogen) atoms. The van der Waals surface area contributed by atoms with Crippen LogP contribution in [-0.2, 0) is 11.8 Å². The molecule has 0 unspecified atom stereocenters. The SMILES string of the molecule is CC(C)c1ccc(C(=O)NC2CCOCC2)c(=O)n1C. The Hall–Kier alpha value is -1.62. The third-order valence-corrected chi connectivity index (χ3v) is 3.74. The highest BCUT2D eigenvalue weighted by Crippen LogP contribution is 2.12. The first kappa shape index (κ1) is 14.8. The van der Waals surface area contributed by atoms with Gasteiger partial charge in [-0.15, -0.1) is 0 Å². The molecule has 1 aromatic heterocycles. The molecule has 0 aromatic carbocycles. The maximum atomic E-state index is 12.3. The molecule has 0 bridgehead atoms. The molecule has 0 saturated carbocycles. The quantitative estimate of drug-likeness (QED) is 0.909. The summed E-state index contributed by atoms with van der Waals surface area (Å²) in [7, 11) is 1.71. The minimum absolute atomic E-state index is 0.103. The maximum Gasteiger partial charge on any atom is 0.263 e. The zero-order valence-electron chi connectivity index (χ0n) is 12.3. The highest BCUT2D eigenvalue weighted by Gasteiger charge is 2.20. The van der Waals surface area contributed by atoms with Gasteiger partial charge in [-0.25, -0.2) is 0 Å². The first-order valence-corrected chi connectivity index (χ1v) is 7.09. The van der Waals surface area contributed by atoms with Crippen molar-refractivity contribution < 1.29 is 9.53 Å². The summed E-state index contributed by atoms with van der Waals surface area (Å²) in [6, 6.07) is 3.59. The highest BCUT2D eigenvalue weighted by atomic mass is 16.5. The van der Waals surface area contributed by atoms with E-state index in [4.69, 9.17) is 4.74 Å². The van der Waals surface area contributed by atoms with Gasteiger partial charge in [0.1, 0.15) is 5.56 Å². The van der Waals surface area contributed by atoms with Gasteiger partial charge in [0.15, 0.2) is 0 Å². The molecule has 0 aliphatic carbocycles. The van der Waals surface area contributed by atoms with E-state index >= 15 is 0 Å². The molecule has 1 aromatic rings. The standard InChI is InChI=1S/C15H22N2O3/c1-10(2)13-5-4-12(15(19)17(13)3)14(18)16-11-6-8-20-9-7-11/h4-5,10-11H,6-9H2,1-3H3,(H,16,18). The fourth-order valence-electron chi connectivity index (χ4n) is 2.51. The van der Waals surface area contributed by atoms with Crippen molar-refractivity contribution in [3.05, 3.63) is 33.7 Å². The molecular weight excluding hydrogens is 256 g/mol. The van der Waals surface area contributed by atoms with Crippen LogP contribution in [0.15, 0.2) is 16.9 Å². The first-order valence-electron chi connectivity index (χ1n) is 7.09. The highest BCUT2D eigenvalue weighted by molar-refractivity contribution is 5.94. The van der Waals surface area contributed by atoms with Gasteiger partial charge in [0.05, 0.1) is 0 Å². The van der Waals surface area contributed by atoms with E-state index in [1.165, 1.54) is 0 Å². The molecule has 1 aliphatic rings. The summed E-state index contributed by atoms with van der Waals surface area (Å²) in [5, 5.41) is 2.92. The Morgan fingerprint density at radius 1 is 1.35 bits per heavy atom. The lowest BCUT2D eigenvalue weighted by molar-refractivity contribution is 0.0695. The normalized spacial score (nSPS) is 16.4. The Morgan fingerprint density at radius 2 is 2.00 bits per heavy atom. The molecule has 0 spiro atoms. The van der Waals surface area contributed by atoms with Crippen LogP contribution in [-0.4, -0.2) is 29.7 Å². The summed E-state index contributed by atoms with van der Waals surface area (Å²) in [6.45, 7) is 5.37.